The van der Waals surface area contributed by atoms with Crippen molar-refractivity contribution in [2.45, 2.75) is 6.04 Å². The quantitative estimate of drug-likeness (QED) is 0.784. The molecule has 1 aromatic heterocycles. The first-order valence-corrected chi connectivity index (χ1v) is 6.96. The summed E-state index contributed by atoms with van der Waals surface area (Å²) in [6.45, 7) is 0. The molecule has 0 radical (unpaired) electrons. The molecule has 102 valence electrons. The van der Waals surface area contributed by atoms with Crippen LogP contribution in [0.3, 0.4) is 0 Å². The Balaban J connectivity index is 2.08. The summed E-state index contributed by atoms with van der Waals surface area (Å²) in [6.07, 6.45) is 0. The van der Waals surface area contributed by atoms with E-state index >= 15 is 0 Å². The van der Waals surface area contributed by atoms with Crippen LogP contribution >= 0.6 is 15.9 Å². The van der Waals surface area contributed by atoms with Gasteiger partial charge in [-0.3, -0.25) is 4.57 Å². The Morgan fingerprint density at radius 2 is 1.95 bits per heavy atom. The standard InChI is InChI=1S/C15H13BrN2O2/c1-18-12-6-5-10(8-13(12)20-15(18)19)14(17)9-3-2-4-11(16)7-9/h2-8,14H,17H2,1H3. The van der Waals surface area contributed by atoms with Crippen molar-refractivity contribution in [1.29, 1.82) is 0 Å². The van der Waals surface area contributed by atoms with E-state index in [4.69, 9.17) is 10.2 Å². The molecule has 0 spiro atoms. The second-order valence-corrected chi connectivity index (χ2v) is 5.60. The van der Waals surface area contributed by atoms with Gasteiger partial charge in [0.15, 0.2) is 5.58 Å². The topological polar surface area (TPSA) is 61.2 Å². The number of oxazole rings is 1. The van der Waals surface area contributed by atoms with Crippen LogP contribution in [0, 0.1) is 0 Å². The number of halogens is 1. The summed E-state index contributed by atoms with van der Waals surface area (Å²) in [5, 5.41) is 0. The largest absolute Gasteiger partial charge is 0.419 e. The molecule has 3 aromatic rings. The average Bonchev–Trinajstić information content (AvgIpc) is 2.73. The molecule has 5 heteroatoms. The van der Waals surface area contributed by atoms with E-state index in [0.717, 1.165) is 21.1 Å². The minimum Gasteiger partial charge on any atom is -0.408 e. The lowest BCUT2D eigenvalue weighted by Crippen LogP contribution is -2.11. The summed E-state index contributed by atoms with van der Waals surface area (Å²) in [6, 6.07) is 13.2. The number of aromatic nitrogens is 1. The number of nitrogens with zero attached hydrogens (tertiary/aromatic N) is 1. The molecule has 0 aliphatic heterocycles. The maximum absolute atomic E-state index is 11.5. The van der Waals surface area contributed by atoms with E-state index in [-0.39, 0.29) is 11.8 Å². The smallest absolute Gasteiger partial charge is 0.408 e. The molecule has 4 nitrogen and oxygen atoms in total. The molecule has 3 rings (SSSR count). The van der Waals surface area contributed by atoms with Gasteiger partial charge in [-0.1, -0.05) is 34.1 Å². The minimum absolute atomic E-state index is 0.262. The van der Waals surface area contributed by atoms with E-state index in [1.54, 1.807) is 7.05 Å². The van der Waals surface area contributed by atoms with Crippen molar-refractivity contribution >= 4 is 27.0 Å². The van der Waals surface area contributed by atoms with Gasteiger partial charge in [0.05, 0.1) is 11.6 Å². The van der Waals surface area contributed by atoms with Gasteiger partial charge in [0.2, 0.25) is 0 Å². The van der Waals surface area contributed by atoms with Gasteiger partial charge in [-0.2, -0.15) is 0 Å². The fourth-order valence-corrected chi connectivity index (χ4v) is 2.65. The van der Waals surface area contributed by atoms with Crippen molar-refractivity contribution in [3.63, 3.8) is 0 Å². The van der Waals surface area contributed by atoms with Crippen LogP contribution in [-0.2, 0) is 7.05 Å². The highest BCUT2D eigenvalue weighted by Crippen LogP contribution is 2.25. The molecule has 0 amide bonds. The van der Waals surface area contributed by atoms with Crippen LogP contribution in [-0.4, -0.2) is 4.57 Å². The third-order valence-electron chi connectivity index (χ3n) is 3.38. The van der Waals surface area contributed by atoms with Crippen molar-refractivity contribution in [3.05, 3.63) is 68.6 Å². The molecular formula is C15H13BrN2O2. The number of hydrogen-bond donors (Lipinski definition) is 1. The molecular weight excluding hydrogens is 320 g/mol. The summed E-state index contributed by atoms with van der Waals surface area (Å²) >= 11 is 3.44. The van der Waals surface area contributed by atoms with Gasteiger partial charge < -0.3 is 10.2 Å². The van der Waals surface area contributed by atoms with E-state index in [1.807, 2.05) is 42.5 Å². The third kappa shape index (κ3) is 2.19. The summed E-state index contributed by atoms with van der Waals surface area (Å²) in [5.74, 6) is -0.367. The maximum atomic E-state index is 11.5. The first-order chi connectivity index (χ1) is 9.56. The van der Waals surface area contributed by atoms with E-state index in [1.165, 1.54) is 4.57 Å². The zero-order valence-electron chi connectivity index (χ0n) is 10.8. The van der Waals surface area contributed by atoms with Crippen molar-refractivity contribution < 1.29 is 4.42 Å². The van der Waals surface area contributed by atoms with Crippen LogP contribution in [0.25, 0.3) is 11.1 Å². The molecule has 0 saturated carbocycles. The van der Waals surface area contributed by atoms with E-state index in [2.05, 4.69) is 15.9 Å². The molecule has 0 fully saturated rings. The van der Waals surface area contributed by atoms with Crippen LogP contribution in [0.2, 0.25) is 0 Å². The highest BCUT2D eigenvalue weighted by Gasteiger charge is 2.12. The lowest BCUT2D eigenvalue weighted by atomic mass is 9.99. The fraction of sp³-hybridized carbons (Fsp3) is 0.133. The molecule has 0 bridgehead atoms. The molecule has 0 aliphatic carbocycles. The molecule has 2 N–H and O–H groups in total. The number of benzene rings is 2. The molecule has 1 heterocycles. The summed E-state index contributed by atoms with van der Waals surface area (Å²) in [7, 11) is 1.68. The van der Waals surface area contributed by atoms with Gasteiger partial charge in [0.25, 0.3) is 0 Å². The van der Waals surface area contributed by atoms with Crippen LogP contribution in [0.5, 0.6) is 0 Å². The number of aryl methyl sites for hydroxylation is 1. The Morgan fingerprint density at radius 3 is 2.70 bits per heavy atom. The highest BCUT2D eigenvalue weighted by atomic mass is 79.9. The van der Waals surface area contributed by atoms with Crippen molar-refractivity contribution in [2.75, 3.05) is 0 Å². The van der Waals surface area contributed by atoms with Crippen molar-refractivity contribution in [1.82, 2.24) is 4.57 Å². The van der Waals surface area contributed by atoms with Crippen LogP contribution in [0.4, 0.5) is 0 Å². The third-order valence-corrected chi connectivity index (χ3v) is 3.88. The van der Waals surface area contributed by atoms with Crippen molar-refractivity contribution in [2.24, 2.45) is 12.8 Å². The maximum Gasteiger partial charge on any atom is 0.419 e. The molecule has 1 unspecified atom stereocenters. The van der Waals surface area contributed by atoms with Gasteiger partial charge in [-0.05, 0) is 35.4 Å². The Kier molecular flexibility index (Phi) is 3.23. The van der Waals surface area contributed by atoms with E-state index in [9.17, 15) is 4.79 Å². The van der Waals surface area contributed by atoms with E-state index < -0.39 is 0 Å². The molecule has 2 aromatic carbocycles. The number of nitrogens with two attached hydrogens (primary N) is 1. The van der Waals surface area contributed by atoms with Crippen molar-refractivity contribution in [3.8, 4) is 0 Å². The molecule has 0 saturated heterocycles. The van der Waals surface area contributed by atoms with Gasteiger partial charge in [-0.25, -0.2) is 4.79 Å². The summed E-state index contributed by atoms with van der Waals surface area (Å²) in [4.78, 5) is 11.5. The second-order valence-electron chi connectivity index (χ2n) is 4.69. The Hall–Kier alpha value is -1.85. The Morgan fingerprint density at radius 1 is 1.20 bits per heavy atom. The van der Waals surface area contributed by atoms with E-state index in [0.29, 0.717) is 5.58 Å². The number of hydrogen-bond acceptors (Lipinski definition) is 3. The summed E-state index contributed by atoms with van der Waals surface area (Å²) < 4.78 is 7.65. The SMILES string of the molecule is Cn1c(=O)oc2cc(C(N)c3cccc(Br)c3)ccc21. The lowest BCUT2D eigenvalue weighted by Gasteiger charge is -2.12. The van der Waals surface area contributed by atoms with Gasteiger partial charge in [-0.15, -0.1) is 0 Å². The Labute approximate surface area is 123 Å². The second kappa shape index (κ2) is 4.92. The summed E-state index contributed by atoms with van der Waals surface area (Å²) in [5.41, 5.74) is 9.50. The Bertz CT molecular complexity index is 835. The lowest BCUT2D eigenvalue weighted by molar-refractivity contribution is 0.527. The highest BCUT2D eigenvalue weighted by molar-refractivity contribution is 9.10. The molecule has 1 atom stereocenters. The first kappa shape index (κ1) is 13.1. The van der Waals surface area contributed by atoms with Crippen LogP contribution < -0.4 is 11.5 Å². The number of fused-ring (bicyclic) bond motifs is 1. The first-order valence-electron chi connectivity index (χ1n) is 6.17. The predicted octanol–water partition coefficient (Wildman–Crippen LogP) is 2.94. The van der Waals surface area contributed by atoms with Gasteiger partial charge in [0.1, 0.15) is 0 Å². The van der Waals surface area contributed by atoms with Crippen LogP contribution in [0.1, 0.15) is 17.2 Å². The monoisotopic (exact) mass is 332 g/mol. The predicted molar refractivity (Wildman–Crippen MR) is 81.6 cm³/mol. The van der Waals surface area contributed by atoms with Gasteiger partial charge >= 0.3 is 5.76 Å². The zero-order chi connectivity index (χ0) is 14.3. The van der Waals surface area contributed by atoms with Crippen LogP contribution in [0.15, 0.2) is 56.1 Å². The molecule has 0 aliphatic rings. The number of rotatable bonds is 2. The minimum atomic E-state index is -0.367. The normalized spacial score (nSPS) is 12.8. The van der Waals surface area contributed by atoms with Gasteiger partial charge in [0, 0.05) is 11.5 Å². The molecule has 20 heavy (non-hydrogen) atoms. The zero-order valence-corrected chi connectivity index (χ0v) is 12.4. The average molecular weight is 333 g/mol. The fourth-order valence-electron chi connectivity index (χ4n) is 2.24.